The number of esters is 1. The summed E-state index contributed by atoms with van der Waals surface area (Å²) in [7, 11) is 0. The zero-order valence-corrected chi connectivity index (χ0v) is 9.41. The molecule has 0 saturated heterocycles. The van der Waals surface area contributed by atoms with E-state index in [4.69, 9.17) is 4.74 Å². The number of nitrogens with one attached hydrogen (secondary N) is 1. The van der Waals surface area contributed by atoms with Crippen LogP contribution in [0.3, 0.4) is 0 Å². The molecule has 1 fully saturated rings. The van der Waals surface area contributed by atoms with E-state index < -0.39 is 6.04 Å². The smallest absolute Gasteiger partial charge is 0.322 e. The van der Waals surface area contributed by atoms with E-state index in [1.165, 1.54) is 0 Å². The predicted molar refractivity (Wildman–Crippen MR) is 56.5 cm³/mol. The second-order valence-corrected chi connectivity index (χ2v) is 3.91. The van der Waals surface area contributed by atoms with Gasteiger partial charge in [-0.1, -0.05) is 6.42 Å². The molecular formula is C11H19NO3. The molecule has 1 aliphatic rings. The van der Waals surface area contributed by atoms with Crippen molar-refractivity contribution in [2.24, 2.45) is 0 Å². The van der Waals surface area contributed by atoms with Crippen molar-refractivity contribution in [1.29, 1.82) is 0 Å². The van der Waals surface area contributed by atoms with Crippen LogP contribution in [-0.4, -0.2) is 30.4 Å². The van der Waals surface area contributed by atoms with Crippen LogP contribution in [0.1, 0.15) is 39.5 Å². The van der Waals surface area contributed by atoms with E-state index in [0.29, 0.717) is 13.0 Å². The number of carbonyl (C=O) groups excluding carboxylic acids is 2. The molecule has 0 heterocycles. The van der Waals surface area contributed by atoms with Crippen LogP contribution < -0.4 is 5.32 Å². The highest BCUT2D eigenvalue weighted by atomic mass is 16.5. The fourth-order valence-corrected chi connectivity index (χ4v) is 1.80. The lowest BCUT2D eigenvalue weighted by Crippen LogP contribution is -2.47. The van der Waals surface area contributed by atoms with Crippen molar-refractivity contribution in [3.8, 4) is 0 Å². The number of hydrogen-bond acceptors (Lipinski definition) is 4. The third-order valence-corrected chi connectivity index (χ3v) is 2.65. The van der Waals surface area contributed by atoms with Crippen LogP contribution in [0.2, 0.25) is 0 Å². The molecule has 0 aromatic carbocycles. The average molecular weight is 213 g/mol. The number of Topliss-reactive ketones (excluding diaryl/α,β-unsaturated/α-hetero) is 1. The molecule has 4 nitrogen and oxygen atoms in total. The Balaban J connectivity index is 2.38. The molecule has 1 rings (SSSR count). The van der Waals surface area contributed by atoms with Crippen LogP contribution in [-0.2, 0) is 14.3 Å². The van der Waals surface area contributed by atoms with E-state index in [2.05, 4.69) is 5.32 Å². The van der Waals surface area contributed by atoms with Crippen LogP contribution in [0.5, 0.6) is 0 Å². The van der Waals surface area contributed by atoms with E-state index in [1.807, 2.05) is 0 Å². The van der Waals surface area contributed by atoms with Crippen molar-refractivity contribution in [3.05, 3.63) is 0 Å². The van der Waals surface area contributed by atoms with Gasteiger partial charge in [-0.3, -0.25) is 14.9 Å². The maximum atomic E-state index is 11.5. The first-order chi connectivity index (χ1) is 7.15. The zero-order valence-electron chi connectivity index (χ0n) is 9.41. The van der Waals surface area contributed by atoms with Gasteiger partial charge in [-0.2, -0.15) is 0 Å². The molecule has 86 valence electrons. The summed E-state index contributed by atoms with van der Waals surface area (Å²) in [5.41, 5.74) is 0. The van der Waals surface area contributed by atoms with Gasteiger partial charge in [0.1, 0.15) is 11.8 Å². The number of ketones is 1. The first-order valence-corrected chi connectivity index (χ1v) is 5.60. The Bertz CT molecular complexity index is 240. The lowest BCUT2D eigenvalue weighted by molar-refractivity contribution is -0.145. The van der Waals surface area contributed by atoms with Crippen molar-refractivity contribution in [1.82, 2.24) is 5.32 Å². The average Bonchev–Trinajstić information content (AvgIpc) is 2.21. The van der Waals surface area contributed by atoms with Gasteiger partial charge in [-0.25, -0.2) is 0 Å². The van der Waals surface area contributed by atoms with Gasteiger partial charge < -0.3 is 4.74 Å². The van der Waals surface area contributed by atoms with Gasteiger partial charge in [-0.15, -0.1) is 0 Å². The van der Waals surface area contributed by atoms with Gasteiger partial charge in [0, 0.05) is 6.42 Å². The standard InChI is InChI=1S/C11H19NO3/c1-3-15-11(14)8(2)12-9-6-4-5-7-10(9)13/h8-9,12H,3-7H2,1-2H3/t8-,9+/m0/s1. The lowest BCUT2D eigenvalue weighted by Gasteiger charge is -2.24. The molecule has 0 radical (unpaired) electrons. The van der Waals surface area contributed by atoms with Crippen LogP contribution in [0.4, 0.5) is 0 Å². The third kappa shape index (κ3) is 3.63. The predicted octanol–water partition coefficient (Wildman–Crippen LogP) is 1.04. The number of carbonyl (C=O) groups is 2. The zero-order chi connectivity index (χ0) is 11.3. The molecule has 1 aliphatic carbocycles. The summed E-state index contributed by atoms with van der Waals surface area (Å²) in [6.07, 6.45) is 3.50. The summed E-state index contributed by atoms with van der Waals surface area (Å²) in [6, 6.07) is -0.546. The molecule has 4 heteroatoms. The highest BCUT2D eigenvalue weighted by Gasteiger charge is 2.25. The van der Waals surface area contributed by atoms with Crippen molar-refractivity contribution in [3.63, 3.8) is 0 Å². The number of ether oxygens (including phenoxy) is 1. The van der Waals surface area contributed by atoms with Gasteiger partial charge in [0.15, 0.2) is 0 Å². The second-order valence-electron chi connectivity index (χ2n) is 3.91. The molecule has 15 heavy (non-hydrogen) atoms. The van der Waals surface area contributed by atoms with Crippen molar-refractivity contribution in [2.45, 2.75) is 51.6 Å². The quantitative estimate of drug-likeness (QED) is 0.709. The molecule has 0 spiro atoms. The minimum atomic E-state index is -0.392. The second kappa shape index (κ2) is 5.85. The van der Waals surface area contributed by atoms with Gasteiger partial charge in [-0.05, 0) is 26.7 Å². The maximum Gasteiger partial charge on any atom is 0.322 e. The van der Waals surface area contributed by atoms with Crippen LogP contribution in [0, 0.1) is 0 Å². The summed E-state index contributed by atoms with van der Waals surface area (Å²) in [5, 5.41) is 3.03. The Labute approximate surface area is 90.4 Å². The summed E-state index contributed by atoms with van der Waals surface area (Å²) >= 11 is 0. The summed E-state index contributed by atoms with van der Waals surface area (Å²) in [5.74, 6) is -0.0618. The van der Waals surface area contributed by atoms with E-state index in [-0.39, 0.29) is 17.8 Å². The Kier molecular flexibility index (Phi) is 4.75. The summed E-state index contributed by atoms with van der Waals surface area (Å²) < 4.78 is 4.87. The van der Waals surface area contributed by atoms with Crippen molar-refractivity contribution >= 4 is 11.8 Å². The maximum absolute atomic E-state index is 11.5. The van der Waals surface area contributed by atoms with Crippen LogP contribution >= 0.6 is 0 Å². The molecule has 0 amide bonds. The largest absolute Gasteiger partial charge is 0.465 e. The molecule has 1 N–H and O–H groups in total. The Morgan fingerprint density at radius 1 is 1.60 bits per heavy atom. The van der Waals surface area contributed by atoms with Crippen molar-refractivity contribution < 1.29 is 14.3 Å². The first-order valence-electron chi connectivity index (χ1n) is 5.60. The monoisotopic (exact) mass is 213 g/mol. The molecule has 0 aromatic rings. The van der Waals surface area contributed by atoms with Gasteiger partial charge in [0.05, 0.1) is 12.6 Å². The van der Waals surface area contributed by atoms with Gasteiger partial charge in [0.25, 0.3) is 0 Å². The van der Waals surface area contributed by atoms with Crippen molar-refractivity contribution in [2.75, 3.05) is 6.61 Å². The Hall–Kier alpha value is -0.900. The van der Waals surface area contributed by atoms with E-state index in [1.54, 1.807) is 13.8 Å². The SMILES string of the molecule is CCOC(=O)[C@H](C)N[C@@H]1CCCCC1=O. The minimum absolute atomic E-state index is 0.154. The Morgan fingerprint density at radius 2 is 2.33 bits per heavy atom. The molecule has 0 aliphatic heterocycles. The summed E-state index contributed by atoms with van der Waals surface area (Å²) in [4.78, 5) is 22.8. The highest BCUT2D eigenvalue weighted by molar-refractivity contribution is 5.85. The molecule has 1 saturated carbocycles. The van der Waals surface area contributed by atoms with Crippen LogP contribution in [0.15, 0.2) is 0 Å². The molecule has 0 unspecified atom stereocenters. The van der Waals surface area contributed by atoms with E-state index in [0.717, 1.165) is 19.3 Å². The highest BCUT2D eigenvalue weighted by Crippen LogP contribution is 2.15. The van der Waals surface area contributed by atoms with Gasteiger partial charge in [0.2, 0.25) is 0 Å². The lowest BCUT2D eigenvalue weighted by atomic mass is 9.93. The number of rotatable bonds is 4. The molecule has 0 bridgehead atoms. The molecule has 2 atom stereocenters. The Morgan fingerprint density at radius 3 is 2.93 bits per heavy atom. The normalized spacial score (nSPS) is 23.6. The molecule has 0 aromatic heterocycles. The molecular weight excluding hydrogens is 194 g/mol. The van der Waals surface area contributed by atoms with Crippen LogP contribution in [0.25, 0.3) is 0 Å². The first kappa shape index (κ1) is 12.2. The fourth-order valence-electron chi connectivity index (χ4n) is 1.80. The third-order valence-electron chi connectivity index (χ3n) is 2.65. The topological polar surface area (TPSA) is 55.4 Å². The van der Waals surface area contributed by atoms with E-state index in [9.17, 15) is 9.59 Å². The fraction of sp³-hybridized carbons (Fsp3) is 0.818. The van der Waals surface area contributed by atoms with Gasteiger partial charge >= 0.3 is 5.97 Å². The minimum Gasteiger partial charge on any atom is -0.465 e. The summed E-state index contributed by atoms with van der Waals surface area (Å²) in [6.45, 7) is 3.89. The number of hydrogen-bond donors (Lipinski definition) is 1. The van der Waals surface area contributed by atoms with E-state index >= 15 is 0 Å².